The van der Waals surface area contributed by atoms with Gasteiger partial charge in [0.1, 0.15) is 0 Å². The number of ether oxygens (including phenoxy) is 2. The van der Waals surface area contributed by atoms with Gasteiger partial charge in [-0.1, -0.05) is 29.8 Å². The number of benzene rings is 1. The number of carbonyl (C=O) groups is 1. The molecule has 0 aliphatic rings. The Kier molecular flexibility index (Phi) is 7.54. The molecule has 3 aromatic rings. The number of amides is 1. The monoisotopic (exact) mass is 410 g/mol. The Morgan fingerprint density at radius 1 is 1.17 bits per heavy atom. The summed E-state index contributed by atoms with van der Waals surface area (Å²) in [7, 11) is 1.64. The van der Waals surface area contributed by atoms with Gasteiger partial charge in [0.05, 0.1) is 36.1 Å². The second kappa shape index (κ2) is 10.3. The van der Waals surface area contributed by atoms with Crippen LogP contribution in [-0.2, 0) is 9.47 Å². The van der Waals surface area contributed by atoms with E-state index in [9.17, 15) is 4.79 Å². The van der Waals surface area contributed by atoms with Crippen LogP contribution in [0.3, 0.4) is 0 Å². The molecule has 0 aliphatic heterocycles. The zero-order chi connectivity index (χ0) is 21.5. The van der Waals surface area contributed by atoms with Gasteiger partial charge >= 0.3 is 0 Å². The first-order valence-corrected chi connectivity index (χ1v) is 10.3. The van der Waals surface area contributed by atoms with Crippen molar-refractivity contribution in [3.63, 3.8) is 0 Å². The quantitative estimate of drug-likeness (QED) is 0.515. The summed E-state index contributed by atoms with van der Waals surface area (Å²) >= 11 is 0. The summed E-state index contributed by atoms with van der Waals surface area (Å²) < 4.78 is 12.3. The Bertz CT molecular complexity index is 980. The van der Waals surface area contributed by atoms with Gasteiger partial charge in [0.15, 0.2) is 5.65 Å². The molecule has 30 heavy (non-hydrogen) atoms. The fourth-order valence-electron chi connectivity index (χ4n) is 3.17. The van der Waals surface area contributed by atoms with E-state index in [0.29, 0.717) is 31.9 Å². The number of fused-ring (bicyclic) bond motifs is 1. The summed E-state index contributed by atoms with van der Waals surface area (Å²) in [6, 6.07) is 10.1. The van der Waals surface area contributed by atoms with Gasteiger partial charge < -0.3 is 14.8 Å². The van der Waals surface area contributed by atoms with Crippen molar-refractivity contribution in [1.29, 1.82) is 0 Å². The van der Waals surface area contributed by atoms with E-state index in [-0.39, 0.29) is 11.9 Å². The summed E-state index contributed by atoms with van der Waals surface area (Å²) in [4.78, 5) is 17.8. The van der Waals surface area contributed by atoms with Crippen LogP contribution in [0.25, 0.3) is 22.3 Å². The number of methoxy groups -OCH3 is 1. The highest BCUT2D eigenvalue weighted by atomic mass is 16.5. The number of pyridine rings is 1. The van der Waals surface area contributed by atoms with E-state index in [1.54, 1.807) is 13.3 Å². The predicted octanol–water partition coefficient (Wildman–Crippen LogP) is 3.77. The van der Waals surface area contributed by atoms with Crippen molar-refractivity contribution in [2.24, 2.45) is 0 Å². The lowest BCUT2D eigenvalue weighted by Gasteiger charge is -2.11. The van der Waals surface area contributed by atoms with Gasteiger partial charge in [0, 0.05) is 31.9 Å². The van der Waals surface area contributed by atoms with Crippen LogP contribution in [0, 0.1) is 6.92 Å². The first kappa shape index (κ1) is 21.9. The van der Waals surface area contributed by atoms with Crippen LogP contribution in [0.4, 0.5) is 0 Å². The molecule has 0 radical (unpaired) electrons. The third-order valence-corrected chi connectivity index (χ3v) is 4.83. The van der Waals surface area contributed by atoms with E-state index in [2.05, 4.69) is 24.3 Å². The first-order chi connectivity index (χ1) is 14.5. The van der Waals surface area contributed by atoms with Crippen LogP contribution in [0.2, 0.25) is 0 Å². The molecule has 3 rings (SSSR count). The molecule has 7 nitrogen and oxygen atoms in total. The van der Waals surface area contributed by atoms with Gasteiger partial charge in [-0.25, -0.2) is 9.67 Å². The van der Waals surface area contributed by atoms with Crippen LogP contribution in [-0.4, -0.2) is 54.1 Å². The van der Waals surface area contributed by atoms with Crippen molar-refractivity contribution >= 4 is 16.9 Å². The topological polar surface area (TPSA) is 78.3 Å². The van der Waals surface area contributed by atoms with E-state index in [1.807, 2.05) is 41.9 Å². The highest BCUT2D eigenvalue weighted by Crippen LogP contribution is 2.26. The molecule has 160 valence electrons. The van der Waals surface area contributed by atoms with Crippen molar-refractivity contribution in [1.82, 2.24) is 20.1 Å². The molecule has 1 aromatic carbocycles. The molecule has 1 amide bonds. The second-order valence-corrected chi connectivity index (χ2v) is 7.56. The Labute approximate surface area is 177 Å². The van der Waals surface area contributed by atoms with Crippen molar-refractivity contribution in [2.75, 3.05) is 33.5 Å². The van der Waals surface area contributed by atoms with Crippen LogP contribution in [0.5, 0.6) is 0 Å². The standard InChI is InChI=1S/C23H30N4O3/c1-16(2)27-22-20(15-25-27)19(23(28)24-10-5-11-30-13-12-29-4)14-21(26-22)18-8-6-17(3)7-9-18/h6-9,14-16H,5,10-13H2,1-4H3,(H,24,28). The third kappa shape index (κ3) is 5.23. The lowest BCUT2D eigenvalue weighted by molar-refractivity contribution is 0.0688. The molecule has 7 heteroatoms. The Hall–Kier alpha value is -2.77. The summed E-state index contributed by atoms with van der Waals surface area (Å²) in [6.07, 6.45) is 2.46. The normalized spacial score (nSPS) is 11.4. The van der Waals surface area contributed by atoms with E-state index < -0.39 is 0 Å². The van der Waals surface area contributed by atoms with E-state index >= 15 is 0 Å². The SMILES string of the molecule is COCCOCCCNC(=O)c1cc(-c2ccc(C)cc2)nc2c1cnn2C(C)C. The third-order valence-electron chi connectivity index (χ3n) is 4.83. The van der Waals surface area contributed by atoms with E-state index in [0.717, 1.165) is 28.7 Å². The molecule has 0 atom stereocenters. The number of aromatic nitrogens is 3. The molecule has 1 N–H and O–H groups in total. The van der Waals surface area contributed by atoms with Crippen LogP contribution >= 0.6 is 0 Å². The van der Waals surface area contributed by atoms with Crippen LogP contribution < -0.4 is 5.32 Å². The zero-order valence-electron chi connectivity index (χ0n) is 18.1. The van der Waals surface area contributed by atoms with E-state index in [1.165, 1.54) is 5.56 Å². The number of nitrogens with zero attached hydrogens (tertiary/aromatic N) is 3. The molecule has 2 aromatic heterocycles. The van der Waals surface area contributed by atoms with Gasteiger partial charge in [0.2, 0.25) is 0 Å². The fraction of sp³-hybridized carbons (Fsp3) is 0.435. The Balaban J connectivity index is 1.83. The summed E-state index contributed by atoms with van der Waals surface area (Å²) in [5.74, 6) is -0.129. The zero-order valence-corrected chi connectivity index (χ0v) is 18.1. The van der Waals surface area contributed by atoms with Gasteiger partial charge in [-0.15, -0.1) is 0 Å². The molecule has 0 saturated carbocycles. The van der Waals surface area contributed by atoms with Crippen LogP contribution in [0.1, 0.15) is 42.2 Å². The number of aryl methyl sites for hydroxylation is 1. The number of nitrogens with one attached hydrogen (secondary N) is 1. The highest BCUT2D eigenvalue weighted by Gasteiger charge is 2.18. The van der Waals surface area contributed by atoms with Gasteiger partial charge in [-0.3, -0.25) is 4.79 Å². The maximum atomic E-state index is 13.0. The van der Waals surface area contributed by atoms with Crippen molar-refractivity contribution < 1.29 is 14.3 Å². The molecule has 0 fully saturated rings. The maximum Gasteiger partial charge on any atom is 0.252 e. The molecule has 0 saturated heterocycles. The number of rotatable bonds is 10. The van der Waals surface area contributed by atoms with Crippen molar-refractivity contribution in [3.05, 3.63) is 47.7 Å². The minimum absolute atomic E-state index is 0.129. The van der Waals surface area contributed by atoms with E-state index in [4.69, 9.17) is 14.5 Å². The average Bonchev–Trinajstić information content (AvgIpc) is 3.17. The summed E-state index contributed by atoms with van der Waals surface area (Å²) in [5.41, 5.74) is 4.22. The maximum absolute atomic E-state index is 13.0. The molecular weight excluding hydrogens is 380 g/mol. The molecule has 0 aliphatic carbocycles. The second-order valence-electron chi connectivity index (χ2n) is 7.56. The van der Waals surface area contributed by atoms with Gasteiger partial charge in [-0.2, -0.15) is 5.10 Å². The average molecular weight is 411 g/mol. The van der Waals surface area contributed by atoms with Gasteiger partial charge in [0.25, 0.3) is 5.91 Å². The lowest BCUT2D eigenvalue weighted by Crippen LogP contribution is -2.25. The molecule has 0 spiro atoms. The van der Waals surface area contributed by atoms with Gasteiger partial charge in [-0.05, 0) is 33.3 Å². The largest absolute Gasteiger partial charge is 0.382 e. The minimum atomic E-state index is -0.129. The minimum Gasteiger partial charge on any atom is -0.382 e. The van der Waals surface area contributed by atoms with Crippen molar-refractivity contribution in [2.45, 2.75) is 33.2 Å². The summed E-state index contributed by atoms with van der Waals surface area (Å²) in [6.45, 7) is 8.40. The first-order valence-electron chi connectivity index (χ1n) is 10.3. The smallest absolute Gasteiger partial charge is 0.252 e. The highest BCUT2D eigenvalue weighted by molar-refractivity contribution is 6.06. The van der Waals surface area contributed by atoms with Crippen LogP contribution in [0.15, 0.2) is 36.5 Å². The number of hydrogen-bond donors (Lipinski definition) is 1. The number of carbonyl (C=O) groups excluding carboxylic acids is 1. The Morgan fingerprint density at radius 3 is 2.63 bits per heavy atom. The molecule has 0 unspecified atom stereocenters. The fourth-order valence-corrected chi connectivity index (χ4v) is 3.17. The predicted molar refractivity (Wildman–Crippen MR) is 118 cm³/mol. The molecule has 2 heterocycles. The van der Waals surface area contributed by atoms with Crippen molar-refractivity contribution in [3.8, 4) is 11.3 Å². The molecular formula is C23H30N4O3. The number of hydrogen-bond acceptors (Lipinski definition) is 5. The lowest BCUT2D eigenvalue weighted by atomic mass is 10.1. The molecule has 0 bridgehead atoms. The Morgan fingerprint density at radius 2 is 1.93 bits per heavy atom. The summed E-state index contributed by atoms with van der Waals surface area (Å²) in [5, 5.41) is 8.22.